The van der Waals surface area contributed by atoms with Gasteiger partial charge in [0.2, 0.25) is 6.13 Å². The maximum atomic E-state index is 11.5. The fraction of sp³-hybridized carbons (Fsp3) is 0.750. The van der Waals surface area contributed by atoms with Crippen LogP contribution in [0.2, 0.25) is 0 Å². The molecule has 0 spiro atoms. The fourth-order valence-electron chi connectivity index (χ4n) is 0.904. The SMILES string of the molecule is CCOC(=O)C(CC(=[OH+])OCC)S[P+]([O-])=S=O. The summed E-state index contributed by atoms with van der Waals surface area (Å²) >= 11 is 0.671. The van der Waals surface area contributed by atoms with Crippen molar-refractivity contribution in [3.63, 3.8) is 0 Å². The third-order valence-corrected chi connectivity index (χ3v) is 5.37. The number of hydrogen-bond donors (Lipinski definition) is 0. The number of carbonyl (C=O) groups is 1. The van der Waals surface area contributed by atoms with Crippen LogP contribution in [0.15, 0.2) is 0 Å². The summed E-state index contributed by atoms with van der Waals surface area (Å²) in [5.74, 6) is -0.960. The fourth-order valence-corrected chi connectivity index (χ4v) is 3.98. The van der Waals surface area contributed by atoms with E-state index in [1.807, 2.05) is 0 Å². The van der Waals surface area contributed by atoms with E-state index in [1.165, 1.54) is 0 Å². The van der Waals surface area contributed by atoms with Gasteiger partial charge in [-0.3, -0.25) is 4.79 Å². The van der Waals surface area contributed by atoms with E-state index in [1.54, 1.807) is 13.8 Å². The van der Waals surface area contributed by atoms with Gasteiger partial charge in [0.15, 0.2) is 11.9 Å². The van der Waals surface area contributed by atoms with Crippen LogP contribution in [0.4, 0.5) is 0 Å². The lowest BCUT2D eigenvalue weighted by molar-refractivity contribution is -0.147. The molecule has 98 valence electrons. The molecule has 0 saturated heterocycles. The molecule has 0 amide bonds. The molecule has 0 aromatic heterocycles. The normalized spacial score (nSPS) is 12.5. The molecule has 0 rings (SSSR count). The highest BCUT2D eigenvalue weighted by Crippen LogP contribution is 2.36. The van der Waals surface area contributed by atoms with Crippen LogP contribution in [0.3, 0.4) is 0 Å². The molecule has 0 saturated carbocycles. The second kappa shape index (κ2) is 9.58. The zero-order valence-electron chi connectivity index (χ0n) is 9.45. The molecule has 0 radical (unpaired) electrons. The van der Waals surface area contributed by atoms with Crippen molar-refractivity contribution in [1.82, 2.24) is 0 Å². The first-order chi connectivity index (χ1) is 8.04. The van der Waals surface area contributed by atoms with Crippen LogP contribution in [0, 0.1) is 0 Å². The smallest absolute Gasteiger partial charge is 0.484 e. The average Bonchev–Trinajstić information content (AvgIpc) is 2.28. The van der Waals surface area contributed by atoms with Gasteiger partial charge in [0, 0.05) is 0 Å². The summed E-state index contributed by atoms with van der Waals surface area (Å²) in [7, 11) is -0.0882. The van der Waals surface area contributed by atoms with Gasteiger partial charge in [0.1, 0.15) is 17.8 Å². The number of rotatable bonds is 7. The van der Waals surface area contributed by atoms with Crippen molar-refractivity contribution in [2.75, 3.05) is 13.2 Å². The second-order valence-electron chi connectivity index (χ2n) is 2.68. The highest BCUT2D eigenvalue weighted by Gasteiger charge is 2.32. The Morgan fingerprint density at radius 1 is 1.41 bits per heavy atom. The second-order valence-corrected chi connectivity index (χ2v) is 7.81. The molecular weight excluding hydrogens is 287 g/mol. The van der Waals surface area contributed by atoms with E-state index in [4.69, 9.17) is 9.47 Å². The maximum absolute atomic E-state index is 11.5. The first-order valence-corrected chi connectivity index (χ1v) is 8.92. The lowest BCUT2D eigenvalue weighted by atomic mass is 10.3. The van der Waals surface area contributed by atoms with Crippen molar-refractivity contribution < 1.29 is 28.2 Å². The Hall–Kier alpha value is -0.430. The van der Waals surface area contributed by atoms with Crippen molar-refractivity contribution >= 4 is 40.3 Å². The summed E-state index contributed by atoms with van der Waals surface area (Å²) in [6.45, 7) is 3.74. The molecule has 1 N–H and O–H groups in total. The van der Waals surface area contributed by atoms with Crippen LogP contribution in [0.1, 0.15) is 20.3 Å². The molecule has 0 aliphatic heterocycles. The lowest BCUT2D eigenvalue weighted by Gasteiger charge is -2.07. The molecular formula is C8H14O6PS2+. The van der Waals surface area contributed by atoms with E-state index in [0.29, 0.717) is 11.4 Å². The van der Waals surface area contributed by atoms with Crippen molar-refractivity contribution in [3.8, 4) is 0 Å². The predicted octanol–water partition coefficient (Wildman–Crippen LogP) is 0.380. The summed E-state index contributed by atoms with van der Waals surface area (Å²) in [6.07, 6.45) is -2.29. The van der Waals surface area contributed by atoms with E-state index in [9.17, 15) is 18.7 Å². The van der Waals surface area contributed by atoms with E-state index in [2.05, 4.69) is 0 Å². The highest BCUT2D eigenvalue weighted by molar-refractivity contribution is 8.63. The molecule has 0 fully saturated rings. The monoisotopic (exact) mass is 301 g/mol. The van der Waals surface area contributed by atoms with Gasteiger partial charge in [-0.15, -0.1) is 0 Å². The quantitative estimate of drug-likeness (QED) is 0.383. The van der Waals surface area contributed by atoms with E-state index >= 15 is 0 Å². The van der Waals surface area contributed by atoms with Crippen LogP contribution in [0.25, 0.3) is 0 Å². The Morgan fingerprint density at radius 2 is 2.00 bits per heavy atom. The van der Waals surface area contributed by atoms with Gasteiger partial charge in [0.25, 0.3) is 0 Å². The first-order valence-electron chi connectivity index (χ1n) is 4.83. The summed E-state index contributed by atoms with van der Waals surface area (Å²) < 4.78 is 19.9. The minimum atomic E-state index is -2.15. The molecule has 17 heavy (non-hydrogen) atoms. The van der Waals surface area contributed by atoms with Gasteiger partial charge in [-0.05, 0) is 13.8 Å². The average molecular weight is 301 g/mol. The van der Waals surface area contributed by atoms with Crippen molar-refractivity contribution in [2.45, 2.75) is 25.5 Å². The molecule has 0 bridgehead atoms. The van der Waals surface area contributed by atoms with Crippen LogP contribution in [-0.2, 0) is 25.1 Å². The first kappa shape index (κ1) is 16.6. The number of hydrogen-bond acceptors (Lipinski definition) is 6. The van der Waals surface area contributed by atoms with Crippen LogP contribution >= 0.6 is 17.5 Å². The van der Waals surface area contributed by atoms with E-state index in [-0.39, 0.29) is 36.4 Å². The Balaban J connectivity index is 4.55. The van der Waals surface area contributed by atoms with Crippen LogP contribution in [0.5, 0.6) is 0 Å². The third kappa shape index (κ3) is 7.49. The Bertz CT molecular complexity index is 328. The molecule has 2 atom stereocenters. The van der Waals surface area contributed by atoms with Gasteiger partial charge >= 0.3 is 22.8 Å². The lowest BCUT2D eigenvalue weighted by Crippen LogP contribution is -2.24. The van der Waals surface area contributed by atoms with Crippen molar-refractivity contribution in [3.05, 3.63) is 0 Å². The molecule has 9 heteroatoms. The van der Waals surface area contributed by atoms with Gasteiger partial charge in [-0.2, -0.15) is 4.21 Å². The van der Waals surface area contributed by atoms with Crippen molar-refractivity contribution in [1.29, 1.82) is 0 Å². The topological polar surface area (TPSA) is 97.1 Å². The number of ether oxygens (including phenoxy) is 2. The standard InChI is InChI=1S/C8H13O6PS2/c1-3-13-7(9)5-6(8(10)14-4-2)16-15(11)17-12/h6H,3-5H2,1-2H3/p+1. The third-order valence-electron chi connectivity index (χ3n) is 1.49. The molecule has 6 nitrogen and oxygen atoms in total. The minimum absolute atomic E-state index is 0.0882. The summed E-state index contributed by atoms with van der Waals surface area (Å²) in [5, 5.41) is -0.897. The Labute approximate surface area is 107 Å². The Kier molecular flexibility index (Phi) is 9.34. The van der Waals surface area contributed by atoms with Gasteiger partial charge in [-0.25, -0.2) is 0 Å². The highest BCUT2D eigenvalue weighted by atomic mass is 32.9. The zero-order chi connectivity index (χ0) is 13.3. The molecule has 0 heterocycles. The van der Waals surface area contributed by atoms with E-state index < -0.39 is 17.3 Å². The van der Waals surface area contributed by atoms with Crippen molar-refractivity contribution in [2.24, 2.45) is 0 Å². The van der Waals surface area contributed by atoms with Crippen LogP contribution < -0.4 is 4.89 Å². The predicted molar refractivity (Wildman–Crippen MR) is 66.3 cm³/mol. The summed E-state index contributed by atoms with van der Waals surface area (Å²) in [4.78, 5) is 31.9. The zero-order valence-corrected chi connectivity index (χ0v) is 12.0. The number of carbonyl (C=O) groups excluding carboxylic acids is 2. The van der Waals surface area contributed by atoms with Gasteiger partial charge in [-0.1, -0.05) is 0 Å². The minimum Gasteiger partial charge on any atom is -0.607 e. The molecule has 2 unspecified atom stereocenters. The maximum Gasteiger partial charge on any atom is 0.484 e. The molecule has 0 aliphatic rings. The van der Waals surface area contributed by atoms with E-state index in [0.717, 1.165) is 0 Å². The summed E-state index contributed by atoms with van der Waals surface area (Å²) in [5.41, 5.74) is 0. The molecule has 0 aromatic carbocycles. The van der Waals surface area contributed by atoms with Crippen LogP contribution in [-0.4, -0.2) is 39.4 Å². The Morgan fingerprint density at radius 3 is 2.47 bits per heavy atom. The number of esters is 2. The van der Waals surface area contributed by atoms with Gasteiger partial charge < -0.3 is 19.2 Å². The summed E-state index contributed by atoms with van der Waals surface area (Å²) in [6, 6.07) is 0. The largest absolute Gasteiger partial charge is 0.607 e. The molecule has 0 aromatic rings. The van der Waals surface area contributed by atoms with Gasteiger partial charge in [0.05, 0.1) is 6.61 Å². The molecule has 0 aliphatic carbocycles.